The fourth-order valence-corrected chi connectivity index (χ4v) is 6.64. The Morgan fingerprint density at radius 3 is 1.98 bits per heavy atom. The number of benzene rings is 4. The topological polar surface area (TPSA) is 9.23 Å². The van der Waals surface area contributed by atoms with Crippen LogP contribution in [0.3, 0.4) is 0 Å². The summed E-state index contributed by atoms with van der Waals surface area (Å²) in [5.74, 6) is -3.91. The lowest BCUT2D eigenvalue weighted by Crippen LogP contribution is -2.30. The van der Waals surface area contributed by atoms with Crippen LogP contribution >= 0.6 is 0 Å². The third-order valence-corrected chi connectivity index (χ3v) is 9.40. The Hall–Kier alpha value is -3.91. The van der Waals surface area contributed by atoms with Crippen LogP contribution in [0.25, 0.3) is 22.3 Å². The van der Waals surface area contributed by atoms with Gasteiger partial charge >= 0.3 is 6.11 Å². The van der Waals surface area contributed by atoms with E-state index in [0.717, 1.165) is 49.6 Å². The van der Waals surface area contributed by atoms with Crippen LogP contribution in [0.5, 0.6) is 0 Å². The molecule has 0 aliphatic heterocycles. The first-order valence-corrected chi connectivity index (χ1v) is 17.0. The van der Waals surface area contributed by atoms with Crippen molar-refractivity contribution in [1.29, 1.82) is 0 Å². The monoisotopic (exact) mass is 682 g/mol. The zero-order valence-corrected chi connectivity index (χ0v) is 27.8. The summed E-state index contributed by atoms with van der Waals surface area (Å²) in [7, 11) is 0. The molecule has 5 rings (SSSR count). The lowest BCUT2D eigenvalue weighted by atomic mass is 9.82. The summed E-state index contributed by atoms with van der Waals surface area (Å²) in [4.78, 5) is 0. The Labute approximate surface area is 283 Å². The molecule has 1 saturated carbocycles. The Morgan fingerprint density at radius 2 is 1.35 bits per heavy atom. The van der Waals surface area contributed by atoms with Gasteiger partial charge < -0.3 is 4.74 Å². The molecule has 8 heteroatoms. The molecule has 260 valence electrons. The van der Waals surface area contributed by atoms with E-state index < -0.39 is 46.9 Å². The van der Waals surface area contributed by atoms with E-state index in [1.807, 2.05) is 13.0 Å². The van der Waals surface area contributed by atoms with E-state index in [1.165, 1.54) is 24.3 Å². The number of ether oxygens (including phenoxy) is 1. The maximum Gasteiger partial charge on any atom is 0.386 e. The first-order chi connectivity index (χ1) is 23.5. The Balaban J connectivity index is 1.21. The van der Waals surface area contributed by atoms with Crippen LogP contribution in [0.2, 0.25) is 0 Å². The van der Waals surface area contributed by atoms with Gasteiger partial charge in [-0.25, -0.2) is 22.0 Å². The molecule has 1 nitrogen and oxygen atoms in total. The van der Waals surface area contributed by atoms with Crippen molar-refractivity contribution in [3.63, 3.8) is 0 Å². The molecular weight excluding hydrogens is 641 g/mol. The maximum atomic E-state index is 15.4. The minimum Gasteiger partial charge on any atom is -0.313 e. The maximum absolute atomic E-state index is 15.4. The second-order valence-electron chi connectivity index (χ2n) is 12.8. The van der Waals surface area contributed by atoms with Crippen LogP contribution < -0.4 is 0 Å². The molecule has 1 aliphatic rings. The van der Waals surface area contributed by atoms with Crippen molar-refractivity contribution in [2.75, 3.05) is 0 Å². The summed E-state index contributed by atoms with van der Waals surface area (Å²) in [5.41, 5.74) is 0.979. The van der Waals surface area contributed by atoms with Gasteiger partial charge in [0.15, 0.2) is 0 Å². The molecule has 1 fully saturated rings. The van der Waals surface area contributed by atoms with Crippen molar-refractivity contribution in [1.82, 2.24) is 0 Å². The number of unbranched alkanes of at least 4 members (excludes halogenated alkanes) is 2. The van der Waals surface area contributed by atoms with E-state index in [9.17, 15) is 22.0 Å². The molecule has 0 N–H and O–H groups in total. The summed E-state index contributed by atoms with van der Waals surface area (Å²) in [5, 5.41) is 0. The Bertz CT molecular complexity index is 1750. The third kappa shape index (κ3) is 8.82. The second kappa shape index (κ2) is 16.2. The number of rotatable bonds is 13. The van der Waals surface area contributed by atoms with Crippen molar-refractivity contribution in [2.24, 2.45) is 0 Å². The van der Waals surface area contributed by atoms with Gasteiger partial charge in [0, 0.05) is 16.7 Å². The SMILES string of the molecule is CC=CCCc1c(F)cc(-c2ccc(-c3ccc(C4CCC(OC(F)(F)c5ccc(CCCCC)cc5F)CC4)cc3F)cc2F)cc1F. The number of hydrogen-bond donors (Lipinski definition) is 0. The lowest BCUT2D eigenvalue weighted by Gasteiger charge is -2.31. The average molecular weight is 683 g/mol. The van der Waals surface area contributed by atoms with Crippen molar-refractivity contribution in [3.05, 3.63) is 130 Å². The zero-order chi connectivity index (χ0) is 35.1. The number of hydrogen-bond acceptors (Lipinski definition) is 1. The van der Waals surface area contributed by atoms with Gasteiger partial charge in [-0.1, -0.05) is 62.2 Å². The van der Waals surface area contributed by atoms with Gasteiger partial charge in [0.05, 0.1) is 11.7 Å². The van der Waals surface area contributed by atoms with Crippen LogP contribution in [0.4, 0.5) is 30.7 Å². The van der Waals surface area contributed by atoms with Crippen LogP contribution in [-0.2, 0) is 23.7 Å². The molecule has 1 aliphatic carbocycles. The molecule has 0 bridgehead atoms. The Kier molecular flexibility index (Phi) is 12.0. The molecule has 0 unspecified atom stereocenters. The third-order valence-electron chi connectivity index (χ3n) is 9.40. The van der Waals surface area contributed by atoms with Gasteiger partial charge in [-0.15, -0.1) is 0 Å². The first kappa shape index (κ1) is 36.4. The Morgan fingerprint density at radius 1 is 0.694 bits per heavy atom. The highest BCUT2D eigenvalue weighted by molar-refractivity contribution is 5.72. The minimum atomic E-state index is -3.78. The average Bonchev–Trinajstić information content (AvgIpc) is 3.06. The number of halogens is 7. The van der Waals surface area contributed by atoms with Gasteiger partial charge in [0.25, 0.3) is 0 Å². The number of allylic oxidation sites excluding steroid dienone is 2. The van der Waals surface area contributed by atoms with Crippen molar-refractivity contribution in [3.8, 4) is 22.3 Å². The van der Waals surface area contributed by atoms with E-state index in [1.54, 1.807) is 18.2 Å². The molecule has 0 saturated heterocycles. The van der Waals surface area contributed by atoms with E-state index >= 15 is 8.78 Å². The van der Waals surface area contributed by atoms with Crippen molar-refractivity contribution >= 4 is 0 Å². The summed E-state index contributed by atoms with van der Waals surface area (Å²) >= 11 is 0. The highest BCUT2D eigenvalue weighted by Gasteiger charge is 2.40. The lowest BCUT2D eigenvalue weighted by molar-refractivity contribution is -0.278. The van der Waals surface area contributed by atoms with Crippen LogP contribution in [-0.4, -0.2) is 6.10 Å². The standard InChI is InChI=1S/C41H41F7O/c1-3-5-7-9-26-11-20-35(40(46)21-26)41(47,48)49-31-16-12-27(13-17-31)28-14-18-32(36(42)22-28)29-15-19-33(37(43)23-29)30-24-38(44)34(39(45)25-30)10-8-6-4-2/h4,6,11,14-15,18-25,27,31H,3,5,7-10,12-13,16-17H2,1-2H3. The van der Waals surface area contributed by atoms with Crippen molar-refractivity contribution < 1.29 is 35.5 Å². The molecule has 0 spiro atoms. The molecule has 0 radical (unpaired) electrons. The van der Waals surface area contributed by atoms with Gasteiger partial charge in [-0.3, -0.25) is 0 Å². The minimum absolute atomic E-state index is 0.00898. The van der Waals surface area contributed by atoms with Crippen LogP contribution in [0.15, 0.2) is 78.9 Å². The highest BCUT2D eigenvalue weighted by atomic mass is 19.3. The van der Waals surface area contributed by atoms with Crippen LogP contribution in [0, 0.1) is 29.1 Å². The van der Waals surface area contributed by atoms with Gasteiger partial charge in [-0.05, 0) is 123 Å². The second-order valence-corrected chi connectivity index (χ2v) is 12.8. The summed E-state index contributed by atoms with van der Waals surface area (Å²) in [6.07, 6.45) is 4.73. The summed E-state index contributed by atoms with van der Waals surface area (Å²) in [6, 6.07) is 14.7. The quantitative estimate of drug-likeness (QED) is 0.0775. The highest BCUT2D eigenvalue weighted by Crippen LogP contribution is 2.41. The summed E-state index contributed by atoms with van der Waals surface area (Å²) in [6.45, 7) is 3.87. The molecule has 0 aromatic heterocycles. The number of aryl methyl sites for hydroxylation is 1. The van der Waals surface area contributed by atoms with E-state index in [2.05, 4.69) is 6.92 Å². The van der Waals surface area contributed by atoms with Crippen LogP contribution in [0.1, 0.15) is 93.4 Å². The molecule has 4 aromatic carbocycles. The molecule has 4 aromatic rings. The number of alkyl halides is 2. The van der Waals surface area contributed by atoms with Gasteiger partial charge in [0.1, 0.15) is 29.1 Å². The molecule has 49 heavy (non-hydrogen) atoms. The van der Waals surface area contributed by atoms with E-state index in [-0.39, 0.29) is 40.2 Å². The first-order valence-electron chi connectivity index (χ1n) is 17.0. The molecule has 0 heterocycles. The fourth-order valence-electron chi connectivity index (χ4n) is 6.64. The largest absolute Gasteiger partial charge is 0.386 e. The normalized spacial score (nSPS) is 16.8. The van der Waals surface area contributed by atoms with E-state index in [4.69, 9.17) is 4.74 Å². The fraction of sp³-hybridized carbons (Fsp3) is 0.366. The van der Waals surface area contributed by atoms with E-state index in [0.29, 0.717) is 49.7 Å². The van der Waals surface area contributed by atoms with Crippen molar-refractivity contribution in [2.45, 2.75) is 96.2 Å². The smallest absolute Gasteiger partial charge is 0.313 e. The predicted octanol–water partition coefficient (Wildman–Crippen LogP) is 12.7. The zero-order valence-electron chi connectivity index (χ0n) is 27.8. The van der Waals surface area contributed by atoms with Gasteiger partial charge in [0.2, 0.25) is 0 Å². The molecule has 0 atom stereocenters. The summed E-state index contributed by atoms with van der Waals surface area (Å²) < 4.78 is 110. The van der Waals surface area contributed by atoms with Gasteiger partial charge in [-0.2, -0.15) is 8.78 Å². The predicted molar refractivity (Wildman–Crippen MR) is 180 cm³/mol. The molecular formula is C41H41F7O. The molecule has 0 amide bonds.